The molecular formula is C9H12BrF3N2O2S2. The zero-order chi connectivity index (χ0) is 14.7. The molecule has 0 amide bonds. The van der Waals surface area contributed by atoms with Gasteiger partial charge in [0, 0.05) is 24.4 Å². The monoisotopic (exact) mass is 380 g/mol. The zero-order valence-corrected chi connectivity index (χ0v) is 12.8. The second kappa shape index (κ2) is 6.53. The van der Waals surface area contributed by atoms with Gasteiger partial charge in [0.05, 0.1) is 3.79 Å². The van der Waals surface area contributed by atoms with Crippen molar-refractivity contribution >= 4 is 37.3 Å². The highest BCUT2D eigenvalue weighted by molar-refractivity contribution is 9.11. The summed E-state index contributed by atoms with van der Waals surface area (Å²) in [5, 5.41) is 0. The van der Waals surface area contributed by atoms with Gasteiger partial charge in [-0.1, -0.05) is 0 Å². The maximum atomic E-state index is 11.9. The number of hydrogen-bond acceptors (Lipinski definition) is 4. The van der Waals surface area contributed by atoms with Gasteiger partial charge in [-0.05, 0) is 28.4 Å². The third-order valence-corrected chi connectivity index (χ3v) is 5.86. The molecule has 0 spiro atoms. The van der Waals surface area contributed by atoms with Crippen LogP contribution in [0.25, 0.3) is 0 Å². The van der Waals surface area contributed by atoms with Gasteiger partial charge in [-0.25, -0.2) is 13.1 Å². The van der Waals surface area contributed by atoms with E-state index in [2.05, 4.69) is 20.7 Å². The molecule has 1 aromatic heterocycles. The minimum atomic E-state index is -4.28. The van der Waals surface area contributed by atoms with Crippen LogP contribution in [0.15, 0.2) is 14.7 Å². The van der Waals surface area contributed by atoms with Crippen molar-refractivity contribution in [2.75, 3.05) is 6.54 Å². The number of halogens is 4. The number of nitrogens with two attached hydrogens (primary N) is 1. The maximum Gasteiger partial charge on any atom is 0.389 e. The lowest BCUT2D eigenvalue weighted by Gasteiger charge is -2.07. The highest BCUT2D eigenvalue weighted by atomic mass is 79.9. The van der Waals surface area contributed by atoms with E-state index in [1.807, 2.05) is 0 Å². The molecule has 3 N–H and O–H groups in total. The maximum absolute atomic E-state index is 11.9. The predicted molar refractivity (Wildman–Crippen MR) is 70.4 cm³/mol. The van der Waals surface area contributed by atoms with Crippen LogP contribution in [0.4, 0.5) is 13.2 Å². The summed E-state index contributed by atoms with van der Waals surface area (Å²) in [5.74, 6) is 0. The van der Waals surface area contributed by atoms with Gasteiger partial charge in [0.15, 0.2) is 0 Å². The van der Waals surface area contributed by atoms with Crippen LogP contribution in [0.1, 0.15) is 17.7 Å². The van der Waals surface area contributed by atoms with Gasteiger partial charge in [-0.2, -0.15) is 13.2 Å². The van der Waals surface area contributed by atoms with Crippen molar-refractivity contribution in [1.82, 2.24) is 4.72 Å². The van der Waals surface area contributed by atoms with Crippen LogP contribution >= 0.6 is 27.3 Å². The molecule has 110 valence electrons. The minimum absolute atomic E-state index is 0.00459. The number of thiophene rings is 1. The summed E-state index contributed by atoms with van der Waals surface area (Å²) in [6.07, 6.45) is -5.59. The SMILES string of the molecule is NCc1cc(S(=O)(=O)NCCCC(F)(F)F)c(Br)s1. The van der Waals surface area contributed by atoms with Gasteiger partial charge in [0.2, 0.25) is 10.0 Å². The Bertz CT molecular complexity index is 528. The molecule has 0 aliphatic heterocycles. The third-order valence-electron chi connectivity index (χ3n) is 2.13. The van der Waals surface area contributed by atoms with Crippen LogP contribution < -0.4 is 10.5 Å². The fraction of sp³-hybridized carbons (Fsp3) is 0.556. The smallest absolute Gasteiger partial charge is 0.326 e. The quantitative estimate of drug-likeness (QED) is 0.745. The second-order valence-electron chi connectivity index (χ2n) is 3.67. The molecule has 0 aliphatic rings. The van der Waals surface area contributed by atoms with E-state index in [4.69, 9.17) is 5.73 Å². The van der Waals surface area contributed by atoms with E-state index in [0.717, 1.165) is 0 Å². The first-order chi connectivity index (χ1) is 8.65. The standard InChI is InChI=1S/C9H12BrF3N2O2S2/c10-8-7(4-6(5-14)18-8)19(16,17)15-3-1-2-9(11,12)13/h4,15H,1-3,5,14H2. The normalized spacial score (nSPS) is 12.9. The number of sulfonamides is 1. The predicted octanol–water partition coefficient (Wildman–Crippen LogP) is 2.59. The van der Waals surface area contributed by atoms with E-state index >= 15 is 0 Å². The minimum Gasteiger partial charge on any atom is -0.326 e. The van der Waals surface area contributed by atoms with Crippen molar-refractivity contribution in [3.05, 3.63) is 14.7 Å². The Hall–Kier alpha value is -0.160. The Balaban J connectivity index is 2.63. The molecule has 19 heavy (non-hydrogen) atoms. The highest BCUT2D eigenvalue weighted by Gasteiger charge is 2.27. The van der Waals surface area contributed by atoms with Gasteiger partial charge >= 0.3 is 6.18 Å². The van der Waals surface area contributed by atoms with E-state index in [-0.39, 0.29) is 24.4 Å². The first-order valence-electron chi connectivity index (χ1n) is 5.20. The van der Waals surface area contributed by atoms with Crippen molar-refractivity contribution in [3.8, 4) is 0 Å². The summed E-state index contributed by atoms with van der Waals surface area (Å²) in [7, 11) is -3.81. The molecule has 0 radical (unpaired) electrons. The Morgan fingerprint density at radius 1 is 1.42 bits per heavy atom. The number of alkyl halides is 3. The molecule has 4 nitrogen and oxygen atoms in total. The summed E-state index contributed by atoms with van der Waals surface area (Å²) >= 11 is 4.28. The highest BCUT2D eigenvalue weighted by Crippen LogP contribution is 2.31. The molecule has 0 saturated carbocycles. The molecular weight excluding hydrogens is 369 g/mol. The van der Waals surface area contributed by atoms with E-state index in [1.54, 1.807) is 0 Å². The van der Waals surface area contributed by atoms with Crippen molar-refractivity contribution in [1.29, 1.82) is 0 Å². The first kappa shape index (κ1) is 16.9. The van der Waals surface area contributed by atoms with Crippen LogP contribution in [0, 0.1) is 0 Å². The summed E-state index contributed by atoms with van der Waals surface area (Å²) in [5.41, 5.74) is 5.39. The molecule has 0 saturated heterocycles. The number of hydrogen-bond donors (Lipinski definition) is 2. The van der Waals surface area contributed by atoms with E-state index in [1.165, 1.54) is 17.4 Å². The lowest BCUT2D eigenvalue weighted by Crippen LogP contribution is -2.25. The van der Waals surface area contributed by atoms with Gasteiger partial charge in [0.25, 0.3) is 0 Å². The van der Waals surface area contributed by atoms with E-state index in [9.17, 15) is 21.6 Å². The van der Waals surface area contributed by atoms with Crippen molar-refractivity contribution in [3.63, 3.8) is 0 Å². The average molecular weight is 381 g/mol. The van der Waals surface area contributed by atoms with Crippen LogP contribution in [0.2, 0.25) is 0 Å². The van der Waals surface area contributed by atoms with Gasteiger partial charge in [-0.3, -0.25) is 0 Å². The van der Waals surface area contributed by atoms with Crippen LogP contribution in [-0.4, -0.2) is 21.1 Å². The van der Waals surface area contributed by atoms with Gasteiger partial charge in [-0.15, -0.1) is 11.3 Å². The molecule has 0 unspecified atom stereocenters. The third kappa shape index (κ3) is 5.38. The molecule has 0 bridgehead atoms. The Morgan fingerprint density at radius 3 is 2.53 bits per heavy atom. The molecule has 0 aliphatic carbocycles. The number of nitrogens with one attached hydrogen (secondary N) is 1. The fourth-order valence-electron chi connectivity index (χ4n) is 1.25. The summed E-state index contributed by atoms with van der Waals surface area (Å²) in [6, 6.07) is 1.40. The largest absolute Gasteiger partial charge is 0.389 e. The molecule has 1 rings (SSSR count). The van der Waals surface area contributed by atoms with Gasteiger partial charge in [0.1, 0.15) is 4.90 Å². The topological polar surface area (TPSA) is 72.2 Å². The fourth-order valence-corrected chi connectivity index (χ4v) is 4.89. The Kier molecular flexibility index (Phi) is 5.80. The van der Waals surface area contributed by atoms with Crippen molar-refractivity contribution in [2.24, 2.45) is 5.73 Å². The molecule has 10 heteroatoms. The van der Waals surface area contributed by atoms with Gasteiger partial charge < -0.3 is 5.73 Å². The zero-order valence-electron chi connectivity index (χ0n) is 9.63. The summed E-state index contributed by atoms with van der Waals surface area (Å²) in [6.45, 7) is -0.0606. The summed E-state index contributed by atoms with van der Waals surface area (Å²) in [4.78, 5) is 0.674. The van der Waals surface area contributed by atoms with Crippen molar-refractivity contribution < 1.29 is 21.6 Å². The van der Waals surface area contributed by atoms with Crippen LogP contribution in [-0.2, 0) is 16.6 Å². The van der Waals surface area contributed by atoms with E-state index < -0.39 is 22.6 Å². The molecule has 0 fully saturated rings. The summed E-state index contributed by atoms with van der Waals surface area (Å²) < 4.78 is 62.0. The van der Waals surface area contributed by atoms with Crippen LogP contribution in [0.5, 0.6) is 0 Å². The molecule has 0 atom stereocenters. The van der Waals surface area contributed by atoms with Crippen molar-refractivity contribution in [2.45, 2.75) is 30.5 Å². The molecule has 1 heterocycles. The molecule has 1 aromatic rings. The van der Waals surface area contributed by atoms with E-state index in [0.29, 0.717) is 8.66 Å². The second-order valence-corrected chi connectivity index (χ2v) is 7.86. The molecule has 0 aromatic carbocycles. The van der Waals surface area contributed by atoms with Crippen LogP contribution in [0.3, 0.4) is 0 Å². The lowest BCUT2D eigenvalue weighted by molar-refractivity contribution is -0.135. The first-order valence-corrected chi connectivity index (χ1v) is 8.29. The lowest BCUT2D eigenvalue weighted by atomic mass is 10.3. The number of rotatable bonds is 6. The Morgan fingerprint density at radius 2 is 2.05 bits per heavy atom. The average Bonchev–Trinajstić information content (AvgIpc) is 2.66. The Labute approximate surface area is 121 Å².